The second-order valence-electron chi connectivity index (χ2n) is 7.47. The number of hydrogen-bond acceptors (Lipinski definition) is 4. The Morgan fingerprint density at radius 1 is 1.13 bits per heavy atom. The van der Waals surface area contributed by atoms with Gasteiger partial charge in [0.2, 0.25) is 5.89 Å². The summed E-state index contributed by atoms with van der Waals surface area (Å²) in [6, 6.07) is 16.4. The average molecular weight is 435 g/mol. The van der Waals surface area contributed by atoms with Crippen LogP contribution in [0.4, 0.5) is 5.69 Å². The molecule has 0 atom stereocenters. The summed E-state index contributed by atoms with van der Waals surface area (Å²) in [7, 11) is 0. The molecular weight excluding hydrogens is 412 g/mol. The van der Waals surface area contributed by atoms with Gasteiger partial charge >= 0.3 is 0 Å². The van der Waals surface area contributed by atoms with Crippen molar-refractivity contribution >= 4 is 34.3 Å². The number of carbonyl (C=O) groups is 1. The minimum Gasteiger partial charge on any atom is -0.494 e. The van der Waals surface area contributed by atoms with Crippen LogP contribution in [0.25, 0.3) is 22.6 Å². The second-order valence-corrected chi connectivity index (χ2v) is 7.88. The lowest BCUT2D eigenvalue weighted by atomic mass is 10.1. The number of nitrogens with one attached hydrogen (secondary N) is 1. The van der Waals surface area contributed by atoms with Crippen molar-refractivity contribution in [2.24, 2.45) is 0 Å². The Morgan fingerprint density at radius 3 is 2.77 bits per heavy atom. The van der Waals surface area contributed by atoms with Gasteiger partial charge in [-0.05, 0) is 73.9 Å². The van der Waals surface area contributed by atoms with E-state index in [4.69, 9.17) is 20.8 Å². The van der Waals surface area contributed by atoms with E-state index in [0.29, 0.717) is 40.1 Å². The van der Waals surface area contributed by atoms with Gasteiger partial charge in [-0.3, -0.25) is 4.79 Å². The third-order valence-electron chi connectivity index (χ3n) is 4.84. The lowest BCUT2D eigenvalue weighted by molar-refractivity contribution is 0.102. The Balaban J connectivity index is 1.61. The molecule has 3 aromatic carbocycles. The van der Waals surface area contributed by atoms with Crippen LogP contribution in [0.1, 0.15) is 34.8 Å². The summed E-state index contributed by atoms with van der Waals surface area (Å²) < 4.78 is 11.6. The van der Waals surface area contributed by atoms with Crippen molar-refractivity contribution in [2.45, 2.75) is 27.2 Å². The summed E-state index contributed by atoms with van der Waals surface area (Å²) >= 11 is 6.42. The number of benzene rings is 3. The number of carbonyl (C=O) groups excluding carboxylic acids is 1. The first-order valence-corrected chi connectivity index (χ1v) is 10.5. The Labute approximate surface area is 186 Å². The molecule has 0 unspecified atom stereocenters. The van der Waals surface area contributed by atoms with Gasteiger partial charge in [-0.2, -0.15) is 0 Å². The molecule has 4 rings (SSSR count). The number of oxazole rings is 1. The number of amides is 1. The Kier molecular flexibility index (Phi) is 5.96. The first kappa shape index (κ1) is 20.9. The van der Waals surface area contributed by atoms with Gasteiger partial charge < -0.3 is 14.5 Å². The van der Waals surface area contributed by atoms with Crippen molar-refractivity contribution in [3.05, 3.63) is 76.3 Å². The zero-order valence-corrected chi connectivity index (χ0v) is 18.4. The molecule has 1 N–H and O–H groups in total. The van der Waals surface area contributed by atoms with Gasteiger partial charge in [-0.15, -0.1) is 0 Å². The molecule has 1 heterocycles. The molecule has 4 aromatic rings. The van der Waals surface area contributed by atoms with Crippen molar-refractivity contribution in [3.63, 3.8) is 0 Å². The second kappa shape index (κ2) is 8.82. The van der Waals surface area contributed by atoms with Crippen LogP contribution in [0.2, 0.25) is 5.02 Å². The maximum Gasteiger partial charge on any atom is 0.255 e. The fourth-order valence-corrected chi connectivity index (χ4v) is 3.61. The molecule has 1 aromatic heterocycles. The summed E-state index contributed by atoms with van der Waals surface area (Å²) in [5.74, 6) is 0.849. The number of nitrogens with zero attached hydrogens (tertiary/aromatic N) is 1. The largest absolute Gasteiger partial charge is 0.494 e. The van der Waals surface area contributed by atoms with E-state index in [9.17, 15) is 4.79 Å². The van der Waals surface area contributed by atoms with Gasteiger partial charge in [-0.1, -0.05) is 30.7 Å². The Morgan fingerprint density at radius 2 is 1.97 bits per heavy atom. The number of halogens is 1. The molecule has 0 aliphatic rings. The fourth-order valence-electron chi connectivity index (χ4n) is 3.41. The highest BCUT2D eigenvalue weighted by atomic mass is 35.5. The van der Waals surface area contributed by atoms with Crippen LogP contribution < -0.4 is 10.1 Å². The summed E-state index contributed by atoms with van der Waals surface area (Å²) in [5, 5.41) is 3.40. The minimum atomic E-state index is -0.237. The van der Waals surface area contributed by atoms with Gasteiger partial charge in [0.05, 0.1) is 17.2 Å². The van der Waals surface area contributed by atoms with Gasteiger partial charge in [0, 0.05) is 11.3 Å². The van der Waals surface area contributed by atoms with Crippen LogP contribution in [0, 0.1) is 13.8 Å². The van der Waals surface area contributed by atoms with Gasteiger partial charge in [0.15, 0.2) is 5.58 Å². The van der Waals surface area contributed by atoms with Gasteiger partial charge in [0.1, 0.15) is 11.3 Å². The third kappa shape index (κ3) is 4.57. The van der Waals surface area contributed by atoms with E-state index >= 15 is 0 Å². The molecule has 6 heteroatoms. The average Bonchev–Trinajstić information content (AvgIpc) is 3.18. The molecule has 0 aliphatic heterocycles. The van der Waals surface area contributed by atoms with Gasteiger partial charge in [0.25, 0.3) is 5.91 Å². The molecule has 0 saturated heterocycles. The number of aryl methyl sites for hydroxylation is 2. The molecule has 0 bridgehead atoms. The number of fused-ring (bicyclic) bond motifs is 1. The molecule has 0 radical (unpaired) electrons. The first-order valence-electron chi connectivity index (χ1n) is 10.2. The number of rotatable bonds is 6. The predicted molar refractivity (Wildman–Crippen MR) is 124 cm³/mol. The van der Waals surface area contributed by atoms with E-state index in [2.05, 4.69) is 10.3 Å². The Bertz CT molecular complexity index is 1260. The van der Waals surface area contributed by atoms with E-state index in [1.165, 1.54) is 0 Å². The van der Waals surface area contributed by atoms with Crippen LogP contribution in [-0.2, 0) is 0 Å². The number of ether oxygens (including phenoxy) is 1. The standard InChI is InChI=1S/C25H23ClN2O3/c1-4-10-30-19-7-5-6-17(13-19)24(29)27-18-8-9-21(26)20(14-18)25-28-22-12-15(2)11-16(3)23(22)31-25/h5-9,11-14H,4,10H2,1-3H3,(H,27,29). The Hall–Kier alpha value is -3.31. The van der Waals surface area contributed by atoms with E-state index in [0.717, 1.165) is 28.6 Å². The third-order valence-corrected chi connectivity index (χ3v) is 5.17. The first-order chi connectivity index (χ1) is 14.9. The number of aromatic nitrogens is 1. The van der Waals surface area contributed by atoms with E-state index in [1.807, 2.05) is 39.0 Å². The van der Waals surface area contributed by atoms with Crippen LogP contribution in [-0.4, -0.2) is 17.5 Å². The highest BCUT2D eigenvalue weighted by molar-refractivity contribution is 6.33. The van der Waals surface area contributed by atoms with Crippen LogP contribution >= 0.6 is 11.6 Å². The van der Waals surface area contributed by atoms with Crippen molar-refractivity contribution < 1.29 is 13.9 Å². The maximum atomic E-state index is 12.8. The molecule has 31 heavy (non-hydrogen) atoms. The predicted octanol–water partition coefficient (Wildman–Crippen LogP) is 6.81. The molecule has 0 saturated carbocycles. The zero-order chi connectivity index (χ0) is 22.0. The lowest BCUT2D eigenvalue weighted by Crippen LogP contribution is -2.12. The number of anilines is 1. The summed E-state index contributed by atoms with van der Waals surface area (Å²) in [6.45, 7) is 6.65. The molecular formula is C25H23ClN2O3. The van der Waals surface area contributed by atoms with Crippen molar-refractivity contribution in [3.8, 4) is 17.2 Å². The van der Waals surface area contributed by atoms with E-state index in [1.54, 1.807) is 36.4 Å². The topological polar surface area (TPSA) is 64.4 Å². The highest BCUT2D eigenvalue weighted by Gasteiger charge is 2.15. The van der Waals surface area contributed by atoms with Gasteiger partial charge in [-0.25, -0.2) is 4.98 Å². The summed E-state index contributed by atoms with van der Waals surface area (Å²) in [4.78, 5) is 17.4. The van der Waals surface area contributed by atoms with E-state index < -0.39 is 0 Å². The summed E-state index contributed by atoms with van der Waals surface area (Å²) in [6.07, 6.45) is 0.902. The smallest absolute Gasteiger partial charge is 0.255 e. The van der Waals surface area contributed by atoms with Crippen LogP contribution in [0.15, 0.2) is 59.0 Å². The van der Waals surface area contributed by atoms with Crippen LogP contribution in [0.3, 0.4) is 0 Å². The fraction of sp³-hybridized carbons (Fsp3) is 0.200. The normalized spacial score (nSPS) is 11.0. The SMILES string of the molecule is CCCOc1cccc(C(=O)Nc2ccc(Cl)c(-c3nc4cc(C)cc(C)c4o3)c2)c1. The highest BCUT2D eigenvalue weighted by Crippen LogP contribution is 2.33. The molecule has 158 valence electrons. The molecule has 0 spiro atoms. The zero-order valence-electron chi connectivity index (χ0n) is 17.7. The lowest BCUT2D eigenvalue weighted by Gasteiger charge is -2.09. The maximum absolute atomic E-state index is 12.8. The van der Waals surface area contributed by atoms with Crippen LogP contribution in [0.5, 0.6) is 5.75 Å². The van der Waals surface area contributed by atoms with Crippen molar-refractivity contribution in [2.75, 3.05) is 11.9 Å². The molecule has 1 amide bonds. The molecule has 0 fully saturated rings. The quantitative estimate of drug-likeness (QED) is 0.362. The summed E-state index contributed by atoms with van der Waals surface area (Å²) in [5.41, 5.74) is 5.36. The van der Waals surface area contributed by atoms with Crippen molar-refractivity contribution in [1.29, 1.82) is 0 Å². The number of hydrogen-bond donors (Lipinski definition) is 1. The minimum absolute atomic E-state index is 0.237. The molecule has 5 nitrogen and oxygen atoms in total. The van der Waals surface area contributed by atoms with E-state index in [-0.39, 0.29) is 5.91 Å². The monoisotopic (exact) mass is 434 g/mol. The molecule has 0 aliphatic carbocycles. The van der Waals surface area contributed by atoms with Crippen molar-refractivity contribution in [1.82, 2.24) is 4.98 Å².